The van der Waals surface area contributed by atoms with E-state index in [1.807, 2.05) is 0 Å². The Hall–Kier alpha value is -1.65. The smallest absolute Gasteiger partial charge is 0.313 e. The number of unbranched alkanes of at least 4 members (excludes halogenated alkanes) is 9. The third-order valence-electron chi connectivity index (χ3n) is 4.69. The number of hydrogen-bond acceptors (Lipinski definition) is 3. The van der Waals surface area contributed by atoms with Gasteiger partial charge in [0, 0.05) is 6.07 Å². The highest BCUT2D eigenvalue weighted by Gasteiger charge is 2.21. The van der Waals surface area contributed by atoms with Crippen molar-refractivity contribution in [1.29, 1.82) is 0 Å². The van der Waals surface area contributed by atoms with Gasteiger partial charge in [-0.2, -0.15) is 0 Å². The molecule has 0 amide bonds. The van der Waals surface area contributed by atoms with Gasteiger partial charge in [-0.3, -0.25) is 4.79 Å². The summed E-state index contributed by atoms with van der Waals surface area (Å²) < 4.78 is 32.0. The first-order chi connectivity index (χ1) is 12.5. The normalized spacial score (nSPS) is 12.2. The van der Waals surface area contributed by atoms with E-state index in [-0.39, 0.29) is 11.3 Å². The molecule has 1 atom stereocenters. The average molecular weight is 369 g/mol. The van der Waals surface area contributed by atoms with Crippen LogP contribution in [0.15, 0.2) is 12.1 Å². The number of benzene rings is 1. The third kappa shape index (κ3) is 8.15. The van der Waals surface area contributed by atoms with Gasteiger partial charge in [-0.05, 0) is 25.0 Å². The van der Waals surface area contributed by atoms with Crippen LogP contribution in [0.4, 0.5) is 14.5 Å². The predicted molar refractivity (Wildman–Crippen MR) is 102 cm³/mol. The Kier molecular flexibility index (Phi) is 10.9. The molecule has 0 aromatic heterocycles. The van der Waals surface area contributed by atoms with Gasteiger partial charge in [-0.15, -0.1) is 0 Å². The molecule has 0 radical (unpaired) electrons. The molecule has 0 saturated carbocycles. The van der Waals surface area contributed by atoms with Crippen molar-refractivity contribution in [3.05, 3.63) is 29.3 Å². The molecule has 0 aliphatic carbocycles. The average Bonchev–Trinajstić information content (AvgIpc) is 2.61. The van der Waals surface area contributed by atoms with Crippen LogP contribution in [0, 0.1) is 11.6 Å². The number of hydrogen-bond donors (Lipinski definition) is 1. The van der Waals surface area contributed by atoms with Crippen LogP contribution in [0.25, 0.3) is 0 Å². The van der Waals surface area contributed by atoms with E-state index in [9.17, 15) is 13.6 Å². The second kappa shape index (κ2) is 12.7. The first-order valence-corrected chi connectivity index (χ1v) is 9.88. The number of anilines is 1. The van der Waals surface area contributed by atoms with E-state index >= 15 is 0 Å². The zero-order valence-electron chi connectivity index (χ0n) is 16.2. The van der Waals surface area contributed by atoms with E-state index in [0.29, 0.717) is 12.7 Å². The molecule has 0 fully saturated rings. The van der Waals surface area contributed by atoms with Gasteiger partial charge in [-0.1, -0.05) is 64.7 Å². The van der Waals surface area contributed by atoms with Crippen molar-refractivity contribution in [2.75, 3.05) is 12.3 Å². The van der Waals surface area contributed by atoms with Crippen LogP contribution in [0.3, 0.4) is 0 Å². The number of esters is 1. The Morgan fingerprint density at radius 1 is 1.00 bits per heavy atom. The molecule has 0 aliphatic heterocycles. The lowest BCUT2D eigenvalue weighted by Gasteiger charge is -2.14. The molecule has 0 unspecified atom stereocenters. The summed E-state index contributed by atoms with van der Waals surface area (Å²) in [4.78, 5) is 12.1. The number of rotatable bonds is 13. The summed E-state index contributed by atoms with van der Waals surface area (Å²) in [5.74, 6) is -2.89. The molecular weight excluding hydrogens is 336 g/mol. The van der Waals surface area contributed by atoms with E-state index in [1.54, 1.807) is 6.92 Å². The van der Waals surface area contributed by atoms with Crippen molar-refractivity contribution in [1.82, 2.24) is 0 Å². The minimum Gasteiger partial charge on any atom is -0.465 e. The first-order valence-electron chi connectivity index (χ1n) is 9.88. The first kappa shape index (κ1) is 22.4. The van der Waals surface area contributed by atoms with Gasteiger partial charge in [0.05, 0.1) is 18.2 Å². The molecule has 0 heterocycles. The predicted octanol–water partition coefficient (Wildman–Crippen LogP) is 6.11. The Morgan fingerprint density at radius 2 is 1.54 bits per heavy atom. The van der Waals surface area contributed by atoms with Crippen LogP contribution in [-0.2, 0) is 9.53 Å². The molecule has 2 N–H and O–H groups in total. The summed E-state index contributed by atoms with van der Waals surface area (Å²) in [7, 11) is 0. The molecule has 1 aromatic carbocycles. The summed E-state index contributed by atoms with van der Waals surface area (Å²) in [6.07, 6.45) is 12.0. The van der Waals surface area contributed by atoms with Crippen molar-refractivity contribution in [2.24, 2.45) is 0 Å². The monoisotopic (exact) mass is 369 g/mol. The van der Waals surface area contributed by atoms with Crippen molar-refractivity contribution in [3.8, 4) is 0 Å². The van der Waals surface area contributed by atoms with Gasteiger partial charge >= 0.3 is 5.97 Å². The van der Waals surface area contributed by atoms with Crippen molar-refractivity contribution in [3.63, 3.8) is 0 Å². The molecule has 0 spiro atoms. The van der Waals surface area contributed by atoms with Gasteiger partial charge in [0.1, 0.15) is 11.6 Å². The summed E-state index contributed by atoms with van der Waals surface area (Å²) in [5.41, 5.74) is 5.54. The Bertz CT molecular complexity index is 549. The quantitative estimate of drug-likeness (QED) is 0.259. The lowest BCUT2D eigenvalue weighted by atomic mass is 9.99. The fourth-order valence-electron chi connectivity index (χ4n) is 2.98. The van der Waals surface area contributed by atoms with Crippen molar-refractivity contribution < 1.29 is 18.3 Å². The number of nitrogen functional groups attached to an aromatic ring is 1. The van der Waals surface area contributed by atoms with E-state index in [0.717, 1.165) is 25.3 Å². The summed E-state index contributed by atoms with van der Waals surface area (Å²) in [6.45, 7) is 4.10. The van der Waals surface area contributed by atoms with Crippen molar-refractivity contribution in [2.45, 2.75) is 84.0 Å². The molecule has 0 saturated heterocycles. The second-order valence-electron chi connectivity index (χ2n) is 6.96. The minimum atomic E-state index is -0.852. The fourth-order valence-corrected chi connectivity index (χ4v) is 2.98. The van der Waals surface area contributed by atoms with Gasteiger partial charge in [0.2, 0.25) is 0 Å². The molecule has 1 aromatic rings. The van der Waals surface area contributed by atoms with E-state index in [4.69, 9.17) is 10.5 Å². The van der Waals surface area contributed by atoms with Gasteiger partial charge < -0.3 is 10.5 Å². The summed E-state index contributed by atoms with van der Waals surface area (Å²) >= 11 is 0. The molecule has 0 aliphatic rings. The minimum absolute atomic E-state index is 0.135. The number of carbonyl (C=O) groups excluding carboxylic acids is 1. The van der Waals surface area contributed by atoms with Crippen LogP contribution < -0.4 is 5.73 Å². The number of halogens is 2. The molecule has 0 bridgehead atoms. The Labute approximate surface area is 156 Å². The highest BCUT2D eigenvalue weighted by molar-refractivity contribution is 5.80. The maximum absolute atomic E-state index is 13.5. The largest absolute Gasteiger partial charge is 0.465 e. The van der Waals surface area contributed by atoms with E-state index in [2.05, 4.69) is 6.92 Å². The fraction of sp³-hybridized carbons (Fsp3) is 0.667. The zero-order valence-corrected chi connectivity index (χ0v) is 16.2. The van der Waals surface area contributed by atoms with Crippen LogP contribution in [0.5, 0.6) is 0 Å². The third-order valence-corrected chi connectivity index (χ3v) is 4.69. The van der Waals surface area contributed by atoms with E-state index < -0.39 is 23.5 Å². The van der Waals surface area contributed by atoms with Crippen LogP contribution in [0.2, 0.25) is 0 Å². The van der Waals surface area contributed by atoms with Gasteiger partial charge in [0.25, 0.3) is 0 Å². The topological polar surface area (TPSA) is 52.3 Å². The highest BCUT2D eigenvalue weighted by atomic mass is 19.1. The number of nitrogens with two attached hydrogens (primary N) is 1. The second-order valence-corrected chi connectivity index (χ2v) is 6.96. The summed E-state index contributed by atoms with van der Waals surface area (Å²) in [6, 6.07) is 1.80. The number of ether oxygens (including phenoxy) is 1. The lowest BCUT2D eigenvalue weighted by Crippen LogP contribution is -2.16. The SMILES string of the molecule is CCCCCCCCCCCCOC(=O)[C@@H](C)c1cc(F)cc(F)c1N. The maximum atomic E-state index is 13.5. The van der Waals surface area contributed by atoms with Crippen molar-refractivity contribution >= 4 is 11.7 Å². The Morgan fingerprint density at radius 3 is 2.12 bits per heavy atom. The molecule has 5 heteroatoms. The summed E-state index contributed by atoms with van der Waals surface area (Å²) in [5, 5.41) is 0. The highest BCUT2D eigenvalue weighted by Crippen LogP contribution is 2.27. The van der Waals surface area contributed by atoms with Crippen LogP contribution in [-0.4, -0.2) is 12.6 Å². The molecule has 3 nitrogen and oxygen atoms in total. The van der Waals surface area contributed by atoms with Gasteiger partial charge in [0.15, 0.2) is 0 Å². The van der Waals surface area contributed by atoms with E-state index in [1.165, 1.54) is 44.9 Å². The molecule has 26 heavy (non-hydrogen) atoms. The number of carbonyl (C=O) groups is 1. The maximum Gasteiger partial charge on any atom is 0.313 e. The molecule has 148 valence electrons. The standard InChI is InChI=1S/C21H33F2NO2/c1-3-4-5-6-7-8-9-10-11-12-13-26-21(25)16(2)18-14-17(22)15-19(23)20(18)24/h14-16H,3-13,24H2,1-2H3/t16-/m0/s1. The lowest BCUT2D eigenvalue weighted by molar-refractivity contribution is -0.145. The molecular formula is C21H33F2NO2. The Balaban J connectivity index is 2.17. The molecule has 1 rings (SSSR count). The van der Waals surface area contributed by atoms with Crippen LogP contribution in [0.1, 0.15) is 89.5 Å². The van der Waals surface area contributed by atoms with Crippen LogP contribution >= 0.6 is 0 Å². The zero-order chi connectivity index (χ0) is 19.4. The van der Waals surface area contributed by atoms with Gasteiger partial charge in [-0.25, -0.2) is 8.78 Å².